The van der Waals surface area contributed by atoms with Crippen molar-refractivity contribution in [1.82, 2.24) is 10.3 Å². The first-order valence-electron chi connectivity index (χ1n) is 7.38. The van der Waals surface area contributed by atoms with E-state index in [9.17, 15) is 4.79 Å². The third kappa shape index (κ3) is 5.84. The molecule has 0 fully saturated rings. The monoisotopic (exact) mass is 332 g/mol. The predicted octanol–water partition coefficient (Wildman–Crippen LogP) is 2.54. The lowest BCUT2D eigenvalue weighted by Gasteiger charge is -2.07. The normalized spacial score (nSPS) is 10.9. The molecule has 0 radical (unpaired) electrons. The molecule has 0 saturated heterocycles. The van der Waals surface area contributed by atoms with Crippen molar-refractivity contribution in [3.63, 3.8) is 0 Å². The molecule has 2 aromatic rings. The van der Waals surface area contributed by atoms with Crippen molar-refractivity contribution >= 4 is 23.3 Å². The first-order valence-corrected chi connectivity index (χ1v) is 8.26. The van der Waals surface area contributed by atoms with Gasteiger partial charge in [-0.3, -0.25) is 4.79 Å². The van der Waals surface area contributed by atoms with Gasteiger partial charge >= 0.3 is 0 Å². The summed E-state index contributed by atoms with van der Waals surface area (Å²) in [4.78, 5) is 16.0. The quantitative estimate of drug-likeness (QED) is 0.576. The Bertz CT molecular complexity index is 667. The molecule has 0 aliphatic carbocycles. The van der Waals surface area contributed by atoms with Crippen LogP contribution in [0.1, 0.15) is 22.7 Å². The molecule has 5 nitrogen and oxygen atoms in total. The second-order valence-electron chi connectivity index (χ2n) is 4.89. The van der Waals surface area contributed by atoms with Gasteiger partial charge in [0.1, 0.15) is 12.4 Å². The summed E-state index contributed by atoms with van der Waals surface area (Å²) in [6.45, 7) is 2.88. The van der Waals surface area contributed by atoms with E-state index in [2.05, 4.69) is 10.3 Å². The number of thiazole rings is 1. The van der Waals surface area contributed by atoms with E-state index >= 15 is 0 Å². The van der Waals surface area contributed by atoms with Gasteiger partial charge in [-0.25, -0.2) is 4.98 Å². The van der Waals surface area contributed by atoms with Crippen LogP contribution in [0, 0.1) is 6.92 Å². The van der Waals surface area contributed by atoms with E-state index in [1.807, 2.05) is 36.6 Å². The van der Waals surface area contributed by atoms with Gasteiger partial charge in [0, 0.05) is 30.2 Å². The molecule has 1 aromatic heterocycles. The van der Waals surface area contributed by atoms with Crippen LogP contribution in [0.15, 0.2) is 35.7 Å². The van der Waals surface area contributed by atoms with Crippen LogP contribution in [-0.4, -0.2) is 29.1 Å². The summed E-state index contributed by atoms with van der Waals surface area (Å²) < 4.78 is 5.80. The van der Waals surface area contributed by atoms with Crippen LogP contribution in [0.25, 0.3) is 6.08 Å². The highest BCUT2D eigenvalue weighted by Gasteiger charge is 2.04. The van der Waals surface area contributed by atoms with Crippen LogP contribution < -0.4 is 10.1 Å². The second-order valence-corrected chi connectivity index (χ2v) is 5.95. The number of hydrogen-bond donors (Lipinski definition) is 2. The van der Waals surface area contributed by atoms with Gasteiger partial charge in [0.2, 0.25) is 5.91 Å². The number of rotatable bonds is 8. The van der Waals surface area contributed by atoms with Gasteiger partial charge in [-0.05, 0) is 25.5 Å². The zero-order chi connectivity index (χ0) is 16.5. The van der Waals surface area contributed by atoms with Gasteiger partial charge in [-0.2, -0.15) is 0 Å². The van der Waals surface area contributed by atoms with Crippen molar-refractivity contribution in [2.45, 2.75) is 20.0 Å². The van der Waals surface area contributed by atoms with Crippen molar-refractivity contribution in [1.29, 1.82) is 0 Å². The molecule has 0 spiro atoms. The Balaban J connectivity index is 1.95. The van der Waals surface area contributed by atoms with Crippen molar-refractivity contribution in [2.24, 2.45) is 0 Å². The minimum Gasteiger partial charge on any atom is -0.487 e. The molecule has 0 aliphatic rings. The summed E-state index contributed by atoms with van der Waals surface area (Å²) >= 11 is 1.59. The highest BCUT2D eigenvalue weighted by Crippen LogP contribution is 2.21. The van der Waals surface area contributed by atoms with Crippen LogP contribution in [-0.2, 0) is 11.4 Å². The molecule has 0 unspecified atom stereocenters. The predicted molar refractivity (Wildman–Crippen MR) is 91.4 cm³/mol. The van der Waals surface area contributed by atoms with E-state index in [0.29, 0.717) is 25.3 Å². The molecule has 1 heterocycles. The molecule has 0 aliphatic heterocycles. The number of para-hydroxylation sites is 1. The summed E-state index contributed by atoms with van der Waals surface area (Å²) in [5.74, 6) is 0.515. The Morgan fingerprint density at radius 1 is 1.43 bits per heavy atom. The highest BCUT2D eigenvalue weighted by molar-refractivity contribution is 7.09. The first-order chi connectivity index (χ1) is 11.2. The fraction of sp³-hybridized carbons (Fsp3) is 0.294. The Labute approximate surface area is 139 Å². The Kier molecular flexibility index (Phi) is 6.77. The summed E-state index contributed by atoms with van der Waals surface area (Å²) in [5, 5.41) is 14.4. The van der Waals surface area contributed by atoms with Crippen LogP contribution >= 0.6 is 11.3 Å². The van der Waals surface area contributed by atoms with E-state index in [-0.39, 0.29) is 12.5 Å². The molecule has 2 N–H and O–H groups in total. The Morgan fingerprint density at radius 2 is 2.26 bits per heavy atom. The standard InChI is InChI=1S/C17H20N2O3S/c1-13-19-15(12-23-13)11-22-16-6-3-2-5-14(16)7-8-17(21)18-9-4-10-20/h2-3,5-8,12,20H,4,9-11H2,1H3,(H,18,21)/b8-7+. The number of aryl methyl sites for hydroxylation is 1. The number of aliphatic hydroxyl groups excluding tert-OH is 1. The lowest BCUT2D eigenvalue weighted by Crippen LogP contribution is -2.22. The summed E-state index contributed by atoms with van der Waals surface area (Å²) in [7, 11) is 0. The molecule has 1 amide bonds. The van der Waals surface area contributed by atoms with Gasteiger partial charge in [-0.1, -0.05) is 18.2 Å². The van der Waals surface area contributed by atoms with E-state index < -0.39 is 0 Å². The second kappa shape index (κ2) is 9.07. The molecule has 122 valence electrons. The molecule has 0 bridgehead atoms. The van der Waals surface area contributed by atoms with Gasteiger partial charge in [0.15, 0.2) is 0 Å². The van der Waals surface area contributed by atoms with Gasteiger partial charge in [0.25, 0.3) is 0 Å². The van der Waals surface area contributed by atoms with Gasteiger partial charge in [-0.15, -0.1) is 11.3 Å². The van der Waals surface area contributed by atoms with E-state index in [1.54, 1.807) is 17.4 Å². The van der Waals surface area contributed by atoms with Crippen LogP contribution in [0.5, 0.6) is 5.75 Å². The van der Waals surface area contributed by atoms with E-state index in [1.165, 1.54) is 6.08 Å². The maximum Gasteiger partial charge on any atom is 0.244 e. The molecular formula is C17H20N2O3S. The maximum atomic E-state index is 11.7. The van der Waals surface area contributed by atoms with Crippen molar-refractivity contribution in [3.8, 4) is 5.75 Å². The molecule has 0 atom stereocenters. The number of nitrogens with one attached hydrogen (secondary N) is 1. The number of hydrogen-bond acceptors (Lipinski definition) is 5. The van der Waals surface area contributed by atoms with Crippen LogP contribution in [0.4, 0.5) is 0 Å². The maximum absolute atomic E-state index is 11.7. The summed E-state index contributed by atoms with van der Waals surface area (Å²) in [6.07, 6.45) is 3.73. The number of ether oxygens (including phenoxy) is 1. The molecule has 0 saturated carbocycles. The SMILES string of the molecule is Cc1nc(COc2ccccc2/C=C/C(=O)NCCCO)cs1. The number of nitrogens with zero attached hydrogens (tertiary/aromatic N) is 1. The van der Waals surface area contributed by atoms with E-state index in [4.69, 9.17) is 9.84 Å². The fourth-order valence-electron chi connectivity index (χ4n) is 1.89. The lowest BCUT2D eigenvalue weighted by atomic mass is 10.2. The number of carbonyl (C=O) groups excluding carboxylic acids is 1. The van der Waals surface area contributed by atoms with Crippen molar-refractivity contribution < 1.29 is 14.6 Å². The van der Waals surface area contributed by atoms with Crippen molar-refractivity contribution in [3.05, 3.63) is 52.0 Å². The minimum absolute atomic E-state index is 0.0662. The summed E-state index contributed by atoms with van der Waals surface area (Å²) in [6, 6.07) is 7.53. The zero-order valence-corrected chi connectivity index (χ0v) is 13.8. The van der Waals surface area contributed by atoms with Crippen LogP contribution in [0.2, 0.25) is 0 Å². The summed E-state index contributed by atoms with van der Waals surface area (Å²) in [5.41, 5.74) is 1.73. The number of amides is 1. The topological polar surface area (TPSA) is 71.5 Å². The van der Waals surface area contributed by atoms with Gasteiger partial charge < -0.3 is 15.2 Å². The third-order valence-electron chi connectivity index (χ3n) is 3.01. The van der Waals surface area contributed by atoms with E-state index in [0.717, 1.165) is 16.3 Å². The smallest absolute Gasteiger partial charge is 0.244 e. The lowest BCUT2D eigenvalue weighted by molar-refractivity contribution is -0.116. The number of carbonyl (C=O) groups is 1. The number of aliphatic hydroxyl groups is 1. The highest BCUT2D eigenvalue weighted by atomic mass is 32.1. The molecule has 6 heteroatoms. The Hall–Kier alpha value is -2.18. The number of benzene rings is 1. The largest absolute Gasteiger partial charge is 0.487 e. The molecule has 1 aromatic carbocycles. The average Bonchev–Trinajstić information content (AvgIpc) is 2.97. The third-order valence-corrected chi connectivity index (χ3v) is 3.83. The Morgan fingerprint density at radius 3 is 3.00 bits per heavy atom. The fourth-order valence-corrected chi connectivity index (χ4v) is 2.49. The average molecular weight is 332 g/mol. The molecule has 2 rings (SSSR count). The van der Waals surface area contributed by atoms with Crippen LogP contribution in [0.3, 0.4) is 0 Å². The molecular weight excluding hydrogens is 312 g/mol. The zero-order valence-electron chi connectivity index (χ0n) is 13.0. The minimum atomic E-state index is -0.191. The first kappa shape index (κ1) is 17.2. The molecule has 23 heavy (non-hydrogen) atoms. The van der Waals surface area contributed by atoms with Crippen molar-refractivity contribution in [2.75, 3.05) is 13.2 Å². The van der Waals surface area contributed by atoms with Gasteiger partial charge in [0.05, 0.1) is 10.7 Å². The number of aromatic nitrogens is 1.